The van der Waals surface area contributed by atoms with Crippen LogP contribution in [0.2, 0.25) is 6.04 Å². The summed E-state index contributed by atoms with van der Waals surface area (Å²) >= 11 is 0. The number of nitrogens with zero attached hydrogens (tertiary/aromatic N) is 5. The van der Waals surface area contributed by atoms with Gasteiger partial charge in [0.2, 0.25) is 17.3 Å². The first-order chi connectivity index (χ1) is 30.8. The third kappa shape index (κ3) is 9.78. The molecule has 0 saturated carbocycles. The van der Waals surface area contributed by atoms with E-state index in [1.54, 1.807) is 35.4 Å². The van der Waals surface area contributed by atoms with Crippen LogP contribution in [0.3, 0.4) is 0 Å². The van der Waals surface area contributed by atoms with E-state index in [9.17, 15) is 32.3 Å². The van der Waals surface area contributed by atoms with Crippen LogP contribution in [-0.4, -0.2) is 134 Å². The Labute approximate surface area is 408 Å². The van der Waals surface area contributed by atoms with Gasteiger partial charge in [0.25, 0.3) is 14.9 Å². The maximum absolute atomic E-state index is 14.7. The fourth-order valence-corrected chi connectivity index (χ4v) is 12.1. The topological polar surface area (TPSA) is 171 Å². The van der Waals surface area contributed by atoms with Gasteiger partial charge in [-0.15, -0.1) is 0 Å². The summed E-state index contributed by atoms with van der Waals surface area (Å²) in [5.41, 5.74) is 3.13. The quantitative estimate of drug-likeness (QED) is 0.0812. The smallest absolute Gasteiger partial charge is 0.406 e. The van der Waals surface area contributed by atoms with Crippen LogP contribution in [0.4, 0.5) is 23.7 Å². The number of fused-ring (bicyclic) bond motifs is 8. The molecule has 1 radical (unpaired) electrons. The summed E-state index contributed by atoms with van der Waals surface area (Å²) in [7, 11) is -2.51. The molecule has 3 saturated heterocycles. The molecule has 0 spiro atoms. The van der Waals surface area contributed by atoms with Crippen LogP contribution in [-0.2, 0) is 35.1 Å². The number of hydrogen-bond donors (Lipinski definition) is 3. The molecule has 6 bridgehead atoms. The van der Waals surface area contributed by atoms with Crippen molar-refractivity contribution in [3.8, 4) is 11.3 Å². The number of likely N-dealkylation sites (tertiary alicyclic amines) is 1. The van der Waals surface area contributed by atoms with Gasteiger partial charge < -0.3 is 45.9 Å². The van der Waals surface area contributed by atoms with Crippen molar-refractivity contribution in [2.75, 3.05) is 57.4 Å². The van der Waals surface area contributed by atoms with E-state index < -0.39 is 62.5 Å². The number of esters is 1. The second-order valence-electron chi connectivity index (χ2n) is 19.0. The zero-order valence-corrected chi connectivity index (χ0v) is 42.9. The Morgan fingerprint density at radius 1 is 1.18 bits per heavy atom. The van der Waals surface area contributed by atoms with Gasteiger partial charge in [0, 0.05) is 121 Å². The maximum Gasteiger partial charge on any atom is 0.406 e. The molecule has 3 aromatic rings. The van der Waals surface area contributed by atoms with Crippen LogP contribution in [0.5, 0.6) is 0 Å². The number of alkyl halides is 3. The van der Waals surface area contributed by atoms with Crippen LogP contribution in [0.1, 0.15) is 63.6 Å². The Morgan fingerprint density at radius 3 is 2.64 bits per heavy atom. The van der Waals surface area contributed by atoms with Crippen LogP contribution >= 0.6 is 0 Å². The van der Waals surface area contributed by atoms with E-state index in [-0.39, 0.29) is 99.3 Å². The first-order valence-electron chi connectivity index (χ1n) is 22.2. The number of ether oxygens (including phenoxy) is 3. The molecule has 2 unspecified atom stereocenters. The van der Waals surface area contributed by atoms with Gasteiger partial charge in [-0.3, -0.25) is 29.2 Å². The number of hydrogen-bond acceptors (Lipinski definition) is 11. The van der Waals surface area contributed by atoms with Gasteiger partial charge in [-0.1, -0.05) is 34.3 Å². The predicted octanol–water partition coefficient (Wildman–Crippen LogP) is 5.55. The summed E-state index contributed by atoms with van der Waals surface area (Å²) in [5.74, 6) is -3.40. The van der Waals surface area contributed by atoms with Gasteiger partial charge in [-0.25, -0.2) is 5.43 Å². The summed E-state index contributed by atoms with van der Waals surface area (Å²) in [6.07, 6.45) is -0.627. The van der Waals surface area contributed by atoms with Crippen molar-refractivity contribution < 1.29 is 77.7 Å². The molecule has 3 N–H and O–H groups in total. The van der Waals surface area contributed by atoms with Crippen LogP contribution in [0.25, 0.3) is 22.2 Å². The average Bonchev–Trinajstić information content (AvgIpc) is 3.56. The van der Waals surface area contributed by atoms with Crippen LogP contribution < -0.4 is 15.3 Å². The molecule has 8 rings (SSSR count). The van der Waals surface area contributed by atoms with Gasteiger partial charge in [0.15, 0.2) is 0 Å². The number of amides is 3. The number of anilines is 1. The zero-order chi connectivity index (χ0) is 46.6. The van der Waals surface area contributed by atoms with Gasteiger partial charge in [0.1, 0.15) is 6.54 Å². The van der Waals surface area contributed by atoms with Crippen molar-refractivity contribution in [1.29, 1.82) is 5.41 Å². The molecule has 5 aliphatic rings. The van der Waals surface area contributed by atoms with E-state index in [1.807, 2.05) is 33.8 Å². The Morgan fingerprint density at radius 2 is 1.94 bits per heavy atom. The van der Waals surface area contributed by atoms with Crippen LogP contribution in [0.15, 0.2) is 49.2 Å². The third-order valence-electron chi connectivity index (χ3n) is 13.5. The van der Waals surface area contributed by atoms with Crippen molar-refractivity contribution in [2.45, 2.75) is 88.9 Å². The Kier molecular flexibility index (Phi) is 14.7. The number of morpholine rings is 1. The Balaban J connectivity index is 0.00000648. The summed E-state index contributed by atoms with van der Waals surface area (Å²) in [6, 6.07) is 8.99. The minimum Gasteiger partial charge on any atom is -0.466 e. The number of benzene rings is 1. The number of carbonyl (C=O) groups excluding carboxylic acids is 4. The molecular weight excluding hydrogens is 1100 g/mol. The molecule has 353 valence electrons. The standard InChI is InChI=1S/C46H57F3N8O7Si.U/c1-7-36(58)55-20-29(21-55)63-23-34(27(2)3)41(59)52-65-24-30-22-54(16-17-62-30)28-11-12-35-32(18-28)37-38(44(4,5)26-64-42(60)45(6)13-9-15-57(53-45)43(65)61)33(19-50)39-31(10-8-14-51-39)40(37)56(35)25-46(47,48)49;/h7-8,10-12,14,18-19,27,29-30,33-34,38,50,53H,1,6,9,13,15-17,20-26H2,2-5H3,(H,52,59);/q-1;/t30-,33+,34+,38?,45?;/m1./s1. The number of aromatic nitrogens is 2. The molecule has 1 aromatic carbocycles. The fourth-order valence-electron chi connectivity index (χ4n) is 10.0. The molecule has 1 aliphatic carbocycles. The van der Waals surface area contributed by atoms with E-state index in [2.05, 4.69) is 33.8 Å². The Bertz CT molecular complexity index is 2380. The minimum absolute atomic E-state index is 0. The van der Waals surface area contributed by atoms with E-state index in [1.165, 1.54) is 21.9 Å². The second kappa shape index (κ2) is 19.5. The fraction of sp³-hybridized carbons (Fsp3) is 0.543. The molecule has 5 atom stereocenters. The number of nitrogens with one attached hydrogen (secondary N) is 3. The summed E-state index contributed by atoms with van der Waals surface area (Å²) < 4.78 is 63.6. The molecule has 3 fully saturated rings. The normalized spacial score (nSPS) is 25.2. The van der Waals surface area contributed by atoms with Crippen molar-refractivity contribution in [3.63, 3.8) is 0 Å². The molecule has 4 aliphatic heterocycles. The first kappa shape index (κ1) is 49.8. The number of rotatable bonds is 9. The molecule has 20 heteroatoms. The number of halogens is 3. The van der Waals surface area contributed by atoms with E-state index in [0.29, 0.717) is 66.0 Å². The summed E-state index contributed by atoms with van der Waals surface area (Å²) in [6.45, 7) is 16.0. The number of cyclic esters (lactones) is 1. The van der Waals surface area contributed by atoms with Crippen molar-refractivity contribution in [1.82, 2.24) is 29.9 Å². The average molecular weight is 1160 g/mol. The summed E-state index contributed by atoms with van der Waals surface area (Å²) in [5, 5.41) is 10.7. The largest absolute Gasteiger partial charge is 0.466 e. The SMILES string of the molecule is C=CC(=O)N1CC(OC[C@H](C(=O)N[Si]2C[C@H]3CN(CCO3)c3ccc4c(c3)c3c(n4CC(F)(F)F)-c4cccnc4[C@@H](C=N)C3C(C)(C)COC(=O)C3([CH2-])CCCN(N3)C2=O)C(C)C)C1.[U]. The summed E-state index contributed by atoms with van der Waals surface area (Å²) in [4.78, 5) is 66.6. The Hall–Kier alpha value is -4.06. The zero-order valence-electron chi connectivity index (χ0n) is 37.7. The number of hydrazine groups is 1. The van der Waals surface area contributed by atoms with E-state index in [0.717, 1.165) is 5.69 Å². The van der Waals surface area contributed by atoms with E-state index >= 15 is 0 Å². The van der Waals surface area contributed by atoms with Gasteiger partial charge in [0.05, 0.1) is 49.3 Å². The first-order valence-corrected chi connectivity index (χ1v) is 23.9. The van der Waals surface area contributed by atoms with Gasteiger partial charge in [-0.2, -0.15) is 13.2 Å². The molecule has 66 heavy (non-hydrogen) atoms. The molecule has 2 aromatic heterocycles. The van der Waals surface area contributed by atoms with E-state index in [4.69, 9.17) is 19.6 Å². The van der Waals surface area contributed by atoms with Gasteiger partial charge in [-0.05, 0) is 66.8 Å². The second-order valence-corrected chi connectivity index (χ2v) is 21.0. The van der Waals surface area contributed by atoms with Crippen molar-refractivity contribution >= 4 is 55.1 Å². The van der Waals surface area contributed by atoms with Crippen LogP contribution in [0, 0.1) is 60.7 Å². The third-order valence-corrected chi connectivity index (χ3v) is 15.7. The number of carbonyl (C=O) groups is 4. The molecular formula is C46H57F3N8O7SiU-. The number of pyridine rings is 1. The van der Waals surface area contributed by atoms with Crippen molar-refractivity contribution in [3.05, 3.63) is 67.4 Å². The van der Waals surface area contributed by atoms with Gasteiger partial charge >= 0.3 is 6.18 Å². The minimum atomic E-state index is -4.58. The molecule has 15 nitrogen and oxygen atoms in total. The monoisotopic (exact) mass is 1160 g/mol. The maximum atomic E-state index is 14.7. The van der Waals surface area contributed by atoms with Crippen molar-refractivity contribution in [2.24, 2.45) is 17.3 Å². The predicted molar refractivity (Wildman–Crippen MR) is 238 cm³/mol. The molecule has 6 heterocycles. The molecule has 3 amide bonds.